The molecule has 2 heterocycles. The number of piperidine rings is 2. The van der Waals surface area contributed by atoms with E-state index in [1.807, 2.05) is 24.3 Å². The van der Waals surface area contributed by atoms with Crippen LogP contribution in [0.3, 0.4) is 0 Å². The lowest BCUT2D eigenvalue weighted by Gasteiger charge is -2.37. The van der Waals surface area contributed by atoms with E-state index >= 15 is 0 Å². The number of rotatable bonds is 6. The lowest BCUT2D eigenvalue weighted by molar-refractivity contribution is 0.0828. The van der Waals surface area contributed by atoms with Gasteiger partial charge in [0.05, 0.1) is 15.5 Å². The number of carbonyl (C=O) groups excluding carboxylic acids is 1. The zero-order chi connectivity index (χ0) is 25.2. The first-order chi connectivity index (χ1) is 16.6. The minimum absolute atomic E-state index is 0.0873. The molecule has 0 N–H and O–H groups in total. The topological polar surface area (TPSA) is 60.9 Å². The van der Waals surface area contributed by atoms with Gasteiger partial charge in [-0.3, -0.25) is 4.79 Å². The van der Waals surface area contributed by atoms with Crippen LogP contribution in [0.25, 0.3) is 0 Å². The standard InChI is InChI=1S/C26H33BrClN3O3S/c1-29(2)26(32)24-7-6-22(18-25(24)28)30-12-8-19(9-13-30)16-20-10-14-31(15-11-20)35(33,34)23-5-3-4-21(27)17-23/h3-7,17-20H,8-16H2,1-2H3. The quantitative estimate of drug-likeness (QED) is 0.451. The Morgan fingerprint density at radius 1 is 1.00 bits per heavy atom. The fraction of sp³-hybridized carbons (Fsp3) is 0.500. The predicted molar refractivity (Wildman–Crippen MR) is 145 cm³/mol. The van der Waals surface area contributed by atoms with E-state index < -0.39 is 10.0 Å². The summed E-state index contributed by atoms with van der Waals surface area (Å²) in [5, 5.41) is 0.493. The Hall–Kier alpha value is -1.61. The van der Waals surface area contributed by atoms with Crippen LogP contribution in [0.5, 0.6) is 0 Å². The Balaban J connectivity index is 1.27. The first-order valence-electron chi connectivity index (χ1n) is 12.2. The van der Waals surface area contributed by atoms with E-state index in [1.54, 1.807) is 36.6 Å². The molecule has 2 aromatic carbocycles. The van der Waals surface area contributed by atoms with Gasteiger partial charge in [-0.05, 0) is 80.3 Å². The maximum absolute atomic E-state index is 13.0. The summed E-state index contributed by atoms with van der Waals surface area (Å²) in [5.74, 6) is 1.15. The molecule has 0 radical (unpaired) electrons. The van der Waals surface area contributed by atoms with E-state index in [0.717, 1.165) is 55.4 Å². The summed E-state index contributed by atoms with van der Waals surface area (Å²) in [7, 11) is 0.0157. The van der Waals surface area contributed by atoms with Crippen molar-refractivity contribution in [3.8, 4) is 0 Å². The summed E-state index contributed by atoms with van der Waals surface area (Å²) in [5.41, 5.74) is 1.60. The number of anilines is 1. The molecule has 0 aliphatic carbocycles. The highest BCUT2D eigenvalue weighted by molar-refractivity contribution is 9.10. The Kier molecular flexibility index (Phi) is 8.46. The molecule has 2 aliphatic heterocycles. The van der Waals surface area contributed by atoms with Gasteiger partial charge in [-0.25, -0.2) is 8.42 Å². The molecule has 0 saturated carbocycles. The molecule has 0 bridgehead atoms. The summed E-state index contributed by atoms with van der Waals surface area (Å²) >= 11 is 9.78. The van der Waals surface area contributed by atoms with Crippen molar-refractivity contribution in [3.05, 3.63) is 57.5 Å². The highest BCUT2D eigenvalue weighted by Gasteiger charge is 2.31. The molecular weight excluding hydrogens is 550 g/mol. The van der Waals surface area contributed by atoms with Crippen LogP contribution in [0.1, 0.15) is 42.5 Å². The highest BCUT2D eigenvalue weighted by Crippen LogP contribution is 2.34. The minimum atomic E-state index is -3.43. The lowest BCUT2D eigenvalue weighted by Crippen LogP contribution is -2.39. The maximum atomic E-state index is 13.0. The average Bonchev–Trinajstić information content (AvgIpc) is 2.84. The number of carbonyl (C=O) groups is 1. The Labute approximate surface area is 222 Å². The van der Waals surface area contributed by atoms with E-state index in [1.165, 1.54) is 4.90 Å². The summed E-state index contributed by atoms with van der Waals surface area (Å²) < 4.78 is 28.4. The fourth-order valence-corrected chi connectivity index (χ4v) is 7.50. The van der Waals surface area contributed by atoms with Crippen LogP contribution in [-0.2, 0) is 10.0 Å². The SMILES string of the molecule is CN(C)C(=O)c1ccc(N2CCC(CC3CCN(S(=O)(=O)c4cccc(Br)c4)CC3)CC2)cc1Cl. The van der Waals surface area contributed by atoms with Gasteiger partial charge >= 0.3 is 0 Å². The molecule has 2 fully saturated rings. The van der Waals surface area contributed by atoms with Crippen LogP contribution >= 0.6 is 27.5 Å². The number of amides is 1. The molecule has 2 aromatic rings. The van der Waals surface area contributed by atoms with E-state index in [2.05, 4.69) is 20.8 Å². The van der Waals surface area contributed by atoms with Crippen LogP contribution in [0.15, 0.2) is 51.8 Å². The molecule has 0 unspecified atom stereocenters. The molecule has 9 heteroatoms. The van der Waals surface area contributed by atoms with Crippen LogP contribution in [-0.4, -0.2) is 63.8 Å². The van der Waals surface area contributed by atoms with Crippen molar-refractivity contribution in [2.75, 3.05) is 45.2 Å². The Morgan fingerprint density at radius 2 is 1.63 bits per heavy atom. The number of sulfonamides is 1. The van der Waals surface area contributed by atoms with Gasteiger partial charge in [0, 0.05) is 50.4 Å². The van der Waals surface area contributed by atoms with E-state index in [0.29, 0.717) is 40.4 Å². The third-order valence-electron chi connectivity index (χ3n) is 7.24. The highest BCUT2D eigenvalue weighted by atomic mass is 79.9. The van der Waals surface area contributed by atoms with Gasteiger partial charge in [0.2, 0.25) is 10.0 Å². The summed E-state index contributed by atoms with van der Waals surface area (Å²) in [4.78, 5) is 16.5. The van der Waals surface area contributed by atoms with Gasteiger partial charge in [-0.15, -0.1) is 0 Å². The molecule has 190 valence electrons. The molecular formula is C26H33BrClN3O3S. The number of hydrogen-bond acceptors (Lipinski definition) is 4. The number of hydrogen-bond donors (Lipinski definition) is 0. The lowest BCUT2D eigenvalue weighted by atomic mass is 9.83. The zero-order valence-corrected chi connectivity index (χ0v) is 23.4. The third kappa shape index (κ3) is 6.21. The van der Waals surface area contributed by atoms with Crippen LogP contribution < -0.4 is 4.90 Å². The molecule has 1 amide bonds. The van der Waals surface area contributed by atoms with Crippen molar-refractivity contribution in [1.29, 1.82) is 0 Å². The van der Waals surface area contributed by atoms with Gasteiger partial charge in [-0.1, -0.05) is 33.6 Å². The Bertz CT molecular complexity index is 1160. The monoisotopic (exact) mass is 581 g/mol. The second-order valence-corrected chi connectivity index (χ2v) is 13.1. The first kappa shape index (κ1) is 26.5. The first-order valence-corrected chi connectivity index (χ1v) is 14.8. The van der Waals surface area contributed by atoms with Crippen molar-refractivity contribution in [2.45, 2.75) is 37.0 Å². The third-order valence-corrected chi connectivity index (χ3v) is 9.94. The van der Waals surface area contributed by atoms with Crippen molar-refractivity contribution in [2.24, 2.45) is 11.8 Å². The molecule has 2 saturated heterocycles. The normalized spacial score (nSPS) is 18.6. The second kappa shape index (κ2) is 11.2. The predicted octanol–water partition coefficient (Wildman–Crippen LogP) is 5.51. The van der Waals surface area contributed by atoms with Crippen molar-refractivity contribution >= 4 is 49.1 Å². The minimum Gasteiger partial charge on any atom is -0.371 e. The number of nitrogens with zero attached hydrogens (tertiary/aromatic N) is 3. The zero-order valence-electron chi connectivity index (χ0n) is 20.3. The van der Waals surface area contributed by atoms with Crippen molar-refractivity contribution in [1.82, 2.24) is 9.21 Å². The van der Waals surface area contributed by atoms with Gasteiger partial charge in [0.15, 0.2) is 0 Å². The van der Waals surface area contributed by atoms with Crippen LogP contribution in [0, 0.1) is 11.8 Å². The molecule has 35 heavy (non-hydrogen) atoms. The summed E-state index contributed by atoms with van der Waals surface area (Å²) in [6, 6.07) is 12.7. The summed E-state index contributed by atoms with van der Waals surface area (Å²) in [6.45, 7) is 3.12. The number of benzene rings is 2. The van der Waals surface area contributed by atoms with Gasteiger partial charge in [0.1, 0.15) is 0 Å². The van der Waals surface area contributed by atoms with Gasteiger partial charge in [-0.2, -0.15) is 4.31 Å². The van der Waals surface area contributed by atoms with E-state index in [4.69, 9.17) is 11.6 Å². The largest absolute Gasteiger partial charge is 0.371 e. The van der Waals surface area contributed by atoms with Crippen molar-refractivity contribution < 1.29 is 13.2 Å². The average molecular weight is 583 g/mol. The maximum Gasteiger partial charge on any atom is 0.254 e. The van der Waals surface area contributed by atoms with Gasteiger partial charge in [0.25, 0.3) is 5.91 Å². The molecule has 0 atom stereocenters. The van der Waals surface area contributed by atoms with E-state index in [-0.39, 0.29) is 5.91 Å². The molecule has 6 nitrogen and oxygen atoms in total. The van der Waals surface area contributed by atoms with Crippen LogP contribution in [0.2, 0.25) is 5.02 Å². The smallest absolute Gasteiger partial charge is 0.254 e. The Morgan fingerprint density at radius 3 is 2.20 bits per heavy atom. The molecule has 4 rings (SSSR count). The molecule has 0 aromatic heterocycles. The van der Waals surface area contributed by atoms with Crippen molar-refractivity contribution in [3.63, 3.8) is 0 Å². The molecule has 2 aliphatic rings. The van der Waals surface area contributed by atoms with E-state index in [9.17, 15) is 13.2 Å². The molecule has 0 spiro atoms. The van der Waals surface area contributed by atoms with Crippen LogP contribution in [0.4, 0.5) is 5.69 Å². The number of halogens is 2. The summed E-state index contributed by atoms with van der Waals surface area (Å²) in [6.07, 6.45) is 5.24. The fourth-order valence-electron chi connectivity index (χ4n) is 5.18. The second-order valence-electron chi connectivity index (χ2n) is 9.83. The van der Waals surface area contributed by atoms with Gasteiger partial charge < -0.3 is 9.80 Å².